The molecule has 1 saturated heterocycles. The molecule has 1 aromatic carbocycles. The minimum atomic E-state index is -5.12. The van der Waals surface area contributed by atoms with Crippen molar-refractivity contribution in [3.05, 3.63) is 34.9 Å². The molecule has 6 nitrogen and oxygen atoms in total. The van der Waals surface area contributed by atoms with E-state index >= 15 is 0 Å². The van der Waals surface area contributed by atoms with Crippen molar-refractivity contribution in [1.82, 2.24) is 10.9 Å². The molecule has 1 atom stereocenters. The largest absolute Gasteiger partial charge is 0.416 e. The zero-order valence-electron chi connectivity index (χ0n) is 13.9. The van der Waals surface area contributed by atoms with Crippen LogP contribution in [0.15, 0.2) is 18.2 Å². The van der Waals surface area contributed by atoms with Gasteiger partial charge in [-0.2, -0.15) is 26.3 Å². The van der Waals surface area contributed by atoms with Crippen molar-refractivity contribution in [1.29, 1.82) is 0 Å². The molecule has 1 aliphatic heterocycles. The SMILES string of the molecule is O=C(CC1CCS(=O)(=O)C1)NNC(=O)c1cc(C(F)(F)F)cc(C(F)(F)F)c1. The number of carbonyl (C=O) groups excluding carboxylic acids is 2. The van der Waals surface area contributed by atoms with Crippen molar-refractivity contribution in [2.24, 2.45) is 5.92 Å². The molecule has 13 heteroatoms. The number of hydrogen-bond acceptors (Lipinski definition) is 4. The Morgan fingerprint density at radius 3 is 1.93 bits per heavy atom. The third kappa shape index (κ3) is 5.84. The summed E-state index contributed by atoms with van der Waals surface area (Å²) in [6.45, 7) is 0. The molecule has 1 fully saturated rings. The second-order valence-corrected chi connectivity index (χ2v) is 8.50. The standard InChI is InChI=1S/C15H14F6N2O4S/c16-14(17,18)10-4-9(5-11(6-10)15(19,20)21)13(25)23-22-12(24)3-8-1-2-28(26,27)7-8/h4-6,8H,1-3,7H2,(H,22,24)(H,23,25). The van der Waals surface area contributed by atoms with Crippen molar-refractivity contribution in [3.63, 3.8) is 0 Å². The quantitative estimate of drug-likeness (QED) is 0.567. The fourth-order valence-corrected chi connectivity index (χ4v) is 4.49. The first kappa shape index (κ1) is 22.0. The second kappa shape index (κ2) is 7.60. The molecule has 1 heterocycles. The van der Waals surface area contributed by atoms with E-state index in [0.29, 0.717) is 0 Å². The molecule has 156 valence electrons. The molecular formula is C15H14F6N2O4S. The maximum Gasteiger partial charge on any atom is 0.416 e. The summed E-state index contributed by atoms with van der Waals surface area (Å²) in [7, 11) is -3.23. The molecule has 0 spiro atoms. The number of hydrazine groups is 1. The van der Waals surface area contributed by atoms with E-state index < -0.39 is 56.6 Å². The molecule has 0 aromatic heterocycles. The molecule has 28 heavy (non-hydrogen) atoms. The summed E-state index contributed by atoms with van der Waals surface area (Å²) >= 11 is 0. The van der Waals surface area contributed by atoms with E-state index in [1.807, 2.05) is 5.43 Å². The van der Waals surface area contributed by atoms with E-state index in [4.69, 9.17) is 0 Å². The van der Waals surface area contributed by atoms with Gasteiger partial charge in [0.25, 0.3) is 5.91 Å². The van der Waals surface area contributed by atoms with Crippen LogP contribution in [0.4, 0.5) is 26.3 Å². The van der Waals surface area contributed by atoms with E-state index in [1.54, 1.807) is 5.43 Å². The summed E-state index contributed by atoms with van der Waals surface area (Å²) in [5.41, 5.74) is -0.712. The van der Waals surface area contributed by atoms with E-state index in [0.717, 1.165) is 0 Å². The number of amides is 2. The Labute approximate surface area is 155 Å². The highest BCUT2D eigenvalue weighted by Crippen LogP contribution is 2.36. The Morgan fingerprint density at radius 2 is 1.50 bits per heavy atom. The predicted molar refractivity (Wildman–Crippen MR) is 83.4 cm³/mol. The Morgan fingerprint density at radius 1 is 0.964 bits per heavy atom. The van der Waals surface area contributed by atoms with Crippen LogP contribution in [-0.2, 0) is 27.0 Å². The molecule has 2 rings (SSSR count). The van der Waals surface area contributed by atoms with Gasteiger partial charge in [0.15, 0.2) is 9.84 Å². The van der Waals surface area contributed by atoms with Gasteiger partial charge < -0.3 is 0 Å². The summed E-state index contributed by atoms with van der Waals surface area (Å²) < 4.78 is 99.3. The van der Waals surface area contributed by atoms with Gasteiger partial charge in [0.2, 0.25) is 5.91 Å². The van der Waals surface area contributed by atoms with E-state index in [2.05, 4.69) is 0 Å². The fourth-order valence-electron chi connectivity index (χ4n) is 2.63. The maximum absolute atomic E-state index is 12.8. The number of benzene rings is 1. The lowest BCUT2D eigenvalue weighted by Crippen LogP contribution is -2.42. The predicted octanol–water partition coefficient (Wildman–Crippen LogP) is 2.31. The molecule has 0 bridgehead atoms. The van der Waals surface area contributed by atoms with Crippen LogP contribution in [0.2, 0.25) is 0 Å². The number of halogens is 6. The third-order valence-corrected chi connectivity index (χ3v) is 5.80. The van der Waals surface area contributed by atoms with Crippen molar-refractivity contribution in [3.8, 4) is 0 Å². The molecule has 1 aliphatic rings. The van der Waals surface area contributed by atoms with E-state index in [-0.39, 0.29) is 42.5 Å². The van der Waals surface area contributed by atoms with Gasteiger partial charge in [-0.15, -0.1) is 0 Å². The summed E-state index contributed by atoms with van der Waals surface area (Å²) in [4.78, 5) is 23.6. The van der Waals surface area contributed by atoms with Crippen molar-refractivity contribution < 1.29 is 44.3 Å². The number of hydrogen-bond donors (Lipinski definition) is 2. The fraction of sp³-hybridized carbons (Fsp3) is 0.467. The monoisotopic (exact) mass is 432 g/mol. The maximum atomic E-state index is 12.8. The molecule has 0 saturated carbocycles. The molecule has 1 aromatic rings. The highest BCUT2D eigenvalue weighted by Gasteiger charge is 2.37. The molecule has 0 radical (unpaired) electrons. The minimum Gasteiger partial charge on any atom is -0.273 e. The van der Waals surface area contributed by atoms with Gasteiger partial charge in [-0.3, -0.25) is 20.4 Å². The van der Waals surface area contributed by atoms with Gasteiger partial charge >= 0.3 is 12.4 Å². The average Bonchev–Trinajstić information content (AvgIpc) is 2.89. The van der Waals surface area contributed by atoms with Crippen LogP contribution in [0.1, 0.15) is 34.3 Å². The average molecular weight is 432 g/mol. The second-order valence-electron chi connectivity index (χ2n) is 6.27. The summed E-state index contributed by atoms with van der Waals surface area (Å²) in [5, 5.41) is 0. The molecular weight excluding hydrogens is 418 g/mol. The van der Waals surface area contributed by atoms with Gasteiger partial charge in [-0.1, -0.05) is 0 Å². The Balaban J connectivity index is 2.08. The van der Waals surface area contributed by atoms with E-state index in [9.17, 15) is 44.3 Å². The van der Waals surface area contributed by atoms with Crippen molar-refractivity contribution >= 4 is 21.7 Å². The lowest BCUT2D eigenvalue weighted by Gasteiger charge is -2.14. The van der Waals surface area contributed by atoms with Gasteiger partial charge in [0.1, 0.15) is 0 Å². The summed E-state index contributed by atoms with van der Waals surface area (Å²) in [6.07, 6.45) is -10.3. The van der Waals surface area contributed by atoms with Crippen LogP contribution in [0.25, 0.3) is 0 Å². The van der Waals surface area contributed by atoms with Crippen molar-refractivity contribution in [2.75, 3.05) is 11.5 Å². The Hall–Kier alpha value is -2.31. The van der Waals surface area contributed by atoms with Crippen LogP contribution in [0.5, 0.6) is 0 Å². The van der Waals surface area contributed by atoms with Gasteiger partial charge in [-0.05, 0) is 30.5 Å². The number of rotatable bonds is 3. The lowest BCUT2D eigenvalue weighted by molar-refractivity contribution is -0.143. The molecule has 0 aliphatic carbocycles. The highest BCUT2D eigenvalue weighted by molar-refractivity contribution is 7.91. The molecule has 2 amide bonds. The van der Waals surface area contributed by atoms with Crippen LogP contribution in [0, 0.1) is 5.92 Å². The Bertz CT molecular complexity index is 847. The number of carbonyl (C=O) groups is 2. The first-order valence-corrected chi connectivity index (χ1v) is 9.58. The smallest absolute Gasteiger partial charge is 0.273 e. The Kier molecular flexibility index (Phi) is 5.97. The molecule has 2 N–H and O–H groups in total. The van der Waals surface area contributed by atoms with Crippen LogP contribution < -0.4 is 10.9 Å². The first-order chi connectivity index (χ1) is 12.7. The number of sulfone groups is 1. The lowest BCUT2D eigenvalue weighted by atomic mass is 10.0. The van der Waals surface area contributed by atoms with Crippen LogP contribution in [0.3, 0.4) is 0 Å². The van der Waals surface area contributed by atoms with Crippen molar-refractivity contribution in [2.45, 2.75) is 25.2 Å². The highest BCUT2D eigenvalue weighted by atomic mass is 32.2. The summed E-state index contributed by atoms with van der Waals surface area (Å²) in [5.74, 6) is -2.98. The van der Waals surface area contributed by atoms with Gasteiger partial charge in [0, 0.05) is 12.0 Å². The first-order valence-electron chi connectivity index (χ1n) is 7.76. The van der Waals surface area contributed by atoms with Crippen LogP contribution >= 0.6 is 0 Å². The van der Waals surface area contributed by atoms with Gasteiger partial charge in [-0.25, -0.2) is 8.42 Å². The zero-order valence-corrected chi connectivity index (χ0v) is 14.8. The molecule has 1 unspecified atom stereocenters. The number of alkyl halides is 6. The topological polar surface area (TPSA) is 92.3 Å². The van der Waals surface area contributed by atoms with Gasteiger partial charge in [0.05, 0.1) is 22.6 Å². The number of nitrogens with one attached hydrogen (secondary N) is 2. The normalized spacial score (nSPS) is 19.3. The van der Waals surface area contributed by atoms with Crippen LogP contribution in [-0.4, -0.2) is 31.7 Å². The third-order valence-electron chi connectivity index (χ3n) is 3.97. The van der Waals surface area contributed by atoms with E-state index in [1.165, 1.54) is 0 Å². The summed E-state index contributed by atoms with van der Waals surface area (Å²) in [6, 6.07) is 0.316. The minimum absolute atomic E-state index is 0.0816. The zero-order chi connectivity index (χ0) is 21.3.